The summed E-state index contributed by atoms with van der Waals surface area (Å²) in [5, 5.41) is 0.947. The molecule has 0 bridgehead atoms. The second kappa shape index (κ2) is 4.80. The van der Waals surface area contributed by atoms with Crippen LogP contribution >= 0.6 is 11.3 Å². The summed E-state index contributed by atoms with van der Waals surface area (Å²) in [6.45, 7) is 0. The van der Waals surface area contributed by atoms with Crippen molar-refractivity contribution in [3.63, 3.8) is 0 Å². The summed E-state index contributed by atoms with van der Waals surface area (Å²) < 4.78 is 5.13. The lowest BCUT2D eigenvalue weighted by Gasteiger charge is -1.90. The third kappa shape index (κ3) is 2.70. The van der Waals surface area contributed by atoms with E-state index in [1.54, 1.807) is 18.4 Å². The molecule has 1 heterocycles. The maximum Gasteiger partial charge on any atom is 0.173 e. The number of thiophene rings is 1. The predicted octanol–water partition coefficient (Wildman–Crippen LogP) is 3.93. The maximum absolute atomic E-state index is 5.13. The standard InChI is InChI=1S/C13H12OS/c1-14-13-10-9-12(15-13)8-7-11-5-3-2-4-6-11/h2-10H,1H3/b8-7-. The zero-order valence-corrected chi connectivity index (χ0v) is 9.33. The van der Waals surface area contributed by atoms with Gasteiger partial charge in [0.05, 0.1) is 7.11 Å². The highest BCUT2D eigenvalue weighted by Crippen LogP contribution is 2.25. The van der Waals surface area contributed by atoms with E-state index < -0.39 is 0 Å². The fourth-order valence-electron chi connectivity index (χ4n) is 1.28. The summed E-state index contributed by atoms with van der Waals surface area (Å²) in [5.41, 5.74) is 1.21. The van der Waals surface area contributed by atoms with Crippen LogP contribution in [0.25, 0.3) is 12.2 Å². The van der Waals surface area contributed by atoms with Crippen LogP contribution in [0.5, 0.6) is 5.06 Å². The minimum atomic E-state index is 0.947. The van der Waals surface area contributed by atoms with Gasteiger partial charge >= 0.3 is 0 Å². The van der Waals surface area contributed by atoms with E-state index >= 15 is 0 Å². The third-order valence-electron chi connectivity index (χ3n) is 2.04. The van der Waals surface area contributed by atoms with Gasteiger partial charge in [-0.2, -0.15) is 0 Å². The van der Waals surface area contributed by atoms with Gasteiger partial charge in [0.2, 0.25) is 0 Å². The van der Waals surface area contributed by atoms with Gasteiger partial charge in [-0.3, -0.25) is 0 Å². The molecule has 0 amide bonds. The van der Waals surface area contributed by atoms with Crippen LogP contribution in [0, 0.1) is 0 Å². The maximum atomic E-state index is 5.13. The summed E-state index contributed by atoms with van der Waals surface area (Å²) in [6, 6.07) is 14.3. The molecule has 0 spiro atoms. The lowest BCUT2D eigenvalue weighted by atomic mass is 10.2. The first kappa shape index (κ1) is 9.99. The van der Waals surface area contributed by atoms with Crippen molar-refractivity contribution < 1.29 is 4.74 Å². The Labute approximate surface area is 93.6 Å². The molecule has 0 aliphatic carbocycles. The number of methoxy groups -OCH3 is 1. The van der Waals surface area contributed by atoms with Gasteiger partial charge in [-0.15, -0.1) is 0 Å². The molecule has 0 radical (unpaired) electrons. The van der Waals surface area contributed by atoms with Crippen LogP contribution in [0.1, 0.15) is 10.4 Å². The molecule has 0 atom stereocenters. The first-order valence-corrected chi connectivity index (χ1v) is 5.57. The molecule has 0 saturated heterocycles. The molecule has 76 valence electrons. The number of hydrogen-bond donors (Lipinski definition) is 0. The quantitative estimate of drug-likeness (QED) is 0.755. The molecule has 0 N–H and O–H groups in total. The van der Waals surface area contributed by atoms with Crippen LogP contribution in [0.4, 0.5) is 0 Å². The highest BCUT2D eigenvalue weighted by Gasteiger charge is 1.94. The highest BCUT2D eigenvalue weighted by atomic mass is 32.1. The smallest absolute Gasteiger partial charge is 0.173 e. The van der Waals surface area contributed by atoms with Gasteiger partial charge in [0.25, 0.3) is 0 Å². The monoisotopic (exact) mass is 216 g/mol. The van der Waals surface area contributed by atoms with Crippen LogP contribution in [0.2, 0.25) is 0 Å². The van der Waals surface area contributed by atoms with Crippen LogP contribution in [0.15, 0.2) is 42.5 Å². The van der Waals surface area contributed by atoms with E-state index in [9.17, 15) is 0 Å². The van der Waals surface area contributed by atoms with Gasteiger partial charge < -0.3 is 4.74 Å². The van der Waals surface area contributed by atoms with E-state index in [4.69, 9.17) is 4.74 Å². The third-order valence-corrected chi connectivity index (χ3v) is 3.05. The van der Waals surface area contributed by atoms with E-state index in [1.165, 1.54) is 10.4 Å². The lowest BCUT2D eigenvalue weighted by molar-refractivity contribution is 0.427. The van der Waals surface area contributed by atoms with Gasteiger partial charge in [0, 0.05) is 4.88 Å². The van der Waals surface area contributed by atoms with E-state index in [2.05, 4.69) is 30.4 Å². The van der Waals surface area contributed by atoms with Gasteiger partial charge in [-0.25, -0.2) is 0 Å². The van der Waals surface area contributed by atoms with Gasteiger partial charge in [0.15, 0.2) is 5.06 Å². The Morgan fingerprint density at radius 3 is 2.47 bits per heavy atom. The summed E-state index contributed by atoms with van der Waals surface area (Å²) in [6.07, 6.45) is 4.20. The van der Waals surface area contributed by atoms with Crippen LogP contribution < -0.4 is 4.74 Å². The molecule has 0 saturated carbocycles. The molecular formula is C13H12OS. The summed E-state index contributed by atoms with van der Waals surface area (Å²) in [4.78, 5) is 1.20. The number of benzene rings is 1. The zero-order valence-electron chi connectivity index (χ0n) is 8.51. The summed E-state index contributed by atoms with van der Waals surface area (Å²) in [7, 11) is 1.69. The number of ether oxygens (including phenoxy) is 1. The van der Waals surface area contributed by atoms with Crippen molar-refractivity contribution >= 4 is 23.5 Å². The Hall–Kier alpha value is -1.54. The fourth-order valence-corrected chi connectivity index (χ4v) is 2.00. The Kier molecular flexibility index (Phi) is 3.20. The topological polar surface area (TPSA) is 9.23 Å². The normalized spacial score (nSPS) is 10.7. The van der Waals surface area contributed by atoms with E-state index in [-0.39, 0.29) is 0 Å². The second-order valence-electron chi connectivity index (χ2n) is 3.10. The SMILES string of the molecule is COc1ccc(/C=C\c2ccccc2)s1. The molecule has 2 heteroatoms. The summed E-state index contributed by atoms with van der Waals surface area (Å²) in [5.74, 6) is 0. The van der Waals surface area contributed by atoms with Crippen molar-refractivity contribution in [3.8, 4) is 5.06 Å². The Morgan fingerprint density at radius 2 is 1.80 bits per heavy atom. The van der Waals surface area contributed by atoms with Crippen molar-refractivity contribution in [2.24, 2.45) is 0 Å². The van der Waals surface area contributed by atoms with Crippen LogP contribution in [-0.2, 0) is 0 Å². The molecule has 1 aromatic heterocycles. The summed E-state index contributed by atoms with van der Waals surface area (Å²) >= 11 is 1.64. The average Bonchev–Trinajstić information content (AvgIpc) is 2.76. The molecule has 0 aliphatic rings. The van der Waals surface area contributed by atoms with E-state index in [1.807, 2.05) is 24.3 Å². The minimum Gasteiger partial charge on any atom is -0.487 e. The molecule has 0 fully saturated rings. The molecular weight excluding hydrogens is 204 g/mol. The largest absolute Gasteiger partial charge is 0.487 e. The average molecular weight is 216 g/mol. The van der Waals surface area contributed by atoms with Crippen molar-refractivity contribution in [1.29, 1.82) is 0 Å². The van der Waals surface area contributed by atoms with E-state index in [0.717, 1.165) is 5.06 Å². The van der Waals surface area contributed by atoms with Gasteiger partial charge in [-0.1, -0.05) is 47.7 Å². The van der Waals surface area contributed by atoms with Crippen molar-refractivity contribution in [1.82, 2.24) is 0 Å². The Morgan fingerprint density at radius 1 is 1.00 bits per heavy atom. The Bertz CT molecular complexity index is 443. The van der Waals surface area contributed by atoms with Gasteiger partial charge in [0.1, 0.15) is 0 Å². The van der Waals surface area contributed by atoms with Crippen LogP contribution in [0.3, 0.4) is 0 Å². The number of rotatable bonds is 3. The molecule has 15 heavy (non-hydrogen) atoms. The zero-order chi connectivity index (χ0) is 10.5. The molecule has 0 unspecified atom stereocenters. The number of hydrogen-bond acceptors (Lipinski definition) is 2. The van der Waals surface area contributed by atoms with Crippen LogP contribution in [-0.4, -0.2) is 7.11 Å². The molecule has 1 aromatic carbocycles. The highest BCUT2D eigenvalue weighted by molar-refractivity contribution is 7.14. The Balaban J connectivity index is 2.11. The second-order valence-corrected chi connectivity index (χ2v) is 4.18. The first-order chi connectivity index (χ1) is 7.38. The lowest BCUT2D eigenvalue weighted by Crippen LogP contribution is -1.73. The molecule has 2 aromatic rings. The first-order valence-electron chi connectivity index (χ1n) is 4.75. The fraction of sp³-hybridized carbons (Fsp3) is 0.0769. The molecule has 2 rings (SSSR count). The van der Waals surface area contributed by atoms with Crippen molar-refractivity contribution in [2.75, 3.05) is 7.11 Å². The molecule has 0 aliphatic heterocycles. The van der Waals surface area contributed by atoms with Crippen molar-refractivity contribution in [3.05, 3.63) is 52.9 Å². The van der Waals surface area contributed by atoms with Gasteiger partial charge in [-0.05, 0) is 23.8 Å². The van der Waals surface area contributed by atoms with E-state index in [0.29, 0.717) is 0 Å². The minimum absolute atomic E-state index is 0.947. The van der Waals surface area contributed by atoms with Crippen molar-refractivity contribution in [2.45, 2.75) is 0 Å². The molecule has 1 nitrogen and oxygen atoms in total. The predicted molar refractivity (Wildman–Crippen MR) is 66.2 cm³/mol.